The first-order chi connectivity index (χ1) is 7.22. The first-order valence-electron chi connectivity index (χ1n) is 5.61. The van der Waals surface area contributed by atoms with Crippen LogP contribution in [0.15, 0.2) is 16.5 Å². The number of furan rings is 1. The predicted octanol–water partition coefficient (Wildman–Crippen LogP) is 2.47. The van der Waals surface area contributed by atoms with Crippen molar-refractivity contribution in [3.05, 3.63) is 23.7 Å². The van der Waals surface area contributed by atoms with Crippen molar-refractivity contribution in [1.82, 2.24) is 5.32 Å². The lowest BCUT2D eigenvalue weighted by Crippen LogP contribution is -2.36. The molecule has 3 nitrogen and oxygen atoms in total. The summed E-state index contributed by atoms with van der Waals surface area (Å²) >= 11 is 0. The van der Waals surface area contributed by atoms with E-state index in [1.54, 1.807) is 0 Å². The fourth-order valence-electron chi connectivity index (χ4n) is 2.05. The second-order valence-electron chi connectivity index (χ2n) is 4.79. The van der Waals surface area contributed by atoms with Gasteiger partial charge in [-0.15, -0.1) is 12.4 Å². The molecule has 1 aliphatic carbocycles. The molecule has 0 aromatic carbocycles. The van der Waals surface area contributed by atoms with Crippen molar-refractivity contribution in [3.63, 3.8) is 0 Å². The highest BCUT2D eigenvalue weighted by molar-refractivity contribution is 5.85. The largest absolute Gasteiger partial charge is 0.462 e. The summed E-state index contributed by atoms with van der Waals surface area (Å²) in [6.45, 7) is 4.13. The van der Waals surface area contributed by atoms with Crippen LogP contribution < -0.4 is 5.32 Å². The van der Waals surface area contributed by atoms with Gasteiger partial charge in [-0.25, -0.2) is 0 Å². The van der Waals surface area contributed by atoms with Gasteiger partial charge in [-0.05, 0) is 30.4 Å². The quantitative estimate of drug-likeness (QED) is 0.838. The van der Waals surface area contributed by atoms with Crippen molar-refractivity contribution in [2.45, 2.75) is 39.3 Å². The highest BCUT2D eigenvalue weighted by Crippen LogP contribution is 2.39. The standard InChI is InChI=1S/C12H19NO2.ClH/c1-12(5-2-6-12)9-13-7-10-3-4-11(8-14)15-10;/h3-4,13-14H,2,5-9H2,1H3;1H. The Labute approximate surface area is 103 Å². The van der Waals surface area contributed by atoms with Crippen LogP contribution in [0.2, 0.25) is 0 Å². The molecule has 0 bridgehead atoms. The maximum atomic E-state index is 8.84. The summed E-state index contributed by atoms with van der Waals surface area (Å²) < 4.78 is 5.39. The van der Waals surface area contributed by atoms with E-state index in [9.17, 15) is 0 Å². The molecule has 1 aliphatic rings. The van der Waals surface area contributed by atoms with Crippen molar-refractivity contribution in [2.24, 2.45) is 5.41 Å². The fraction of sp³-hybridized carbons (Fsp3) is 0.667. The number of hydrogen-bond acceptors (Lipinski definition) is 3. The van der Waals surface area contributed by atoms with E-state index in [4.69, 9.17) is 9.52 Å². The smallest absolute Gasteiger partial charge is 0.129 e. The van der Waals surface area contributed by atoms with E-state index in [-0.39, 0.29) is 19.0 Å². The van der Waals surface area contributed by atoms with Crippen LogP contribution in [0.5, 0.6) is 0 Å². The molecule has 2 rings (SSSR count). The van der Waals surface area contributed by atoms with Gasteiger partial charge in [-0.2, -0.15) is 0 Å². The van der Waals surface area contributed by atoms with Gasteiger partial charge < -0.3 is 14.8 Å². The number of aliphatic hydroxyl groups is 1. The van der Waals surface area contributed by atoms with Crippen molar-refractivity contribution in [1.29, 1.82) is 0 Å². The average Bonchev–Trinajstić information content (AvgIpc) is 2.63. The van der Waals surface area contributed by atoms with E-state index < -0.39 is 0 Å². The molecule has 0 spiro atoms. The molecule has 0 unspecified atom stereocenters. The average molecular weight is 246 g/mol. The van der Waals surface area contributed by atoms with Crippen molar-refractivity contribution < 1.29 is 9.52 Å². The Balaban J connectivity index is 0.00000128. The summed E-state index contributed by atoms with van der Waals surface area (Å²) in [5, 5.41) is 12.2. The van der Waals surface area contributed by atoms with Crippen LogP contribution in [0.1, 0.15) is 37.7 Å². The van der Waals surface area contributed by atoms with Gasteiger partial charge in [0.15, 0.2) is 0 Å². The maximum absolute atomic E-state index is 8.84. The molecule has 1 fully saturated rings. The molecule has 1 heterocycles. The van der Waals surface area contributed by atoms with Gasteiger partial charge in [0, 0.05) is 6.54 Å². The molecule has 1 aromatic rings. The Morgan fingerprint density at radius 2 is 2.06 bits per heavy atom. The van der Waals surface area contributed by atoms with Crippen LogP contribution >= 0.6 is 12.4 Å². The number of halogens is 1. The van der Waals surface area contributed by atoms with E-state index in [0.717, 1.165) is 18.8 Å². The lowest BCUT2D eigenvalue weighted by Gasteiger charge is -2.38. The summed E-state index contributed by atoms with van der Waals surface area (Å²) in [5.74, 6) is 1.55. The summed E-state index contributed by atoms with van der Waals surface area (Å²) in [5.41, 5.74) is 0.506. The van der Waals surface area contributed by atoms with Gasteiger partial charge in [0.05, 0.1) is 6.54 Å². The van der Waals surface area contributed by atoms with E-state index in [0.29, 0.717) is 11.2 Å². The van der Waals surface area contributed by atoms with Crippen LogP contribution in [0.4, 0.5) is 0 Å². The maximum Gasteiger partial charge on any atom is 0.129 e. The summed E-state index contributed by atoms with van der Waals surface area (Å²) in [6.07, 6.45) is 4.04. The molecule has 0 saturated heterocycles. The molecule has 16 heavy (non-hydrogen) atoms. The molecule has 0 radical (unpaired) electrons. The lowest BCUT2D eigenvalue weighted by molar-refractivity contribution is 0.155. The van der Waals surface area contributed by atoms with Gasteiger partial charge in [0.2, 0.25) is 0 Å². The second kappa shape index (κ2) is 5.71. The Morgan fingerprint density at radius 3 is 2.56 bits per heavy atom. The Kier molecular flexibility index (Phi) is 4.84. The Bertz CT molecular complexity index is 321. The van der Waals surface area contributed by atoms with Crippen molar-refractivity contribution >= 4 is 12.4 Å². The van der Waals surface area contributed by atoms with Gasteiger partial charge in [0.25, 0.3) is 0 Å². The van der Waals surface area contributed by atoms with Gasteiger partial charge in [-0.1, -0.05) is 13.3 Å². The van der Waals surface area contributed by atoms with Crippen molar-refractivity contribution in [3.8, 4) is 0 Å². The third-order valence-corrected chi connectivity index (χ3v) is 3.28. The molecule has 1 aromatic heterocycles. The molecular weight excluding hydrogens is 226 g/mol. The van der Waals surface area contributed by atoms with Gasteiger partial charge >= 0.3 is 0 Å². The summed E-state index contributed by atoms with van der Waals surface area (Å²) in [4.78, 5) is 0. The third kappa shape index (κ3) is 3.24. The number of aliphatic hydroxyl groups excluding tert-OH is 1. The van der Waals surface area contributed by atoms with Gasteiger partial charge in [-0.3, -0.25) is 0 Å². The molecule has 0 amide bonds. The van der Waals surface area contributed by atoms with Crippen LogP contribution in [-0.2, 0) is 13.2 Å². The van der Waals surface area contributed by atoms with E-state index >= 15 is 0 Å². The summed E-state index contributed by atoms with van der Waals surface area (Å²) in [6, 6.07) is 3.74. The van der Waals surface area contributed by atoms with E-state index in [1.165, 1.54) is 19.3 Å². The molecule has 92 valence electrons. The number of rotatable bonds is 5. The monoisotopic (exact) mass is 245 g/mol. The van der Waals surface area contributed by atoms with Crippen LogP contribution in [0.3, 0.4) is 0 Å². The van der Waals surface area contributed by atoms with Crippen LogP contribution in [0.25, 0.3) is 0 Å². The van der Waals surface area contributed by atoms with Crippen LogP contribution in [-0.4, -0.2) is 11.7 Å². The molecular formula is C12H20ClNO2. The molecule has 1 saturated carbocycles. The minimum Gasteiger partial charge on any atom is -0.462 e. The SMILES string of the molecule is CC1(CNCc2ccc(CO)o2)CCC1.Cl. The van der Waals surface area contributed by atoms with Crippen LogP contribution in [0, 0.1) is 5.41 Å². The predicted molar refractivity (Wildman–Crippen MR) is 65.5 cm³/mol. The molecule has 0 atom stereocenters. The zero-order valence-electron chi connectivity index (χ0n) is 9.66. The molecule has 0 aliphatic heterocycles. The number of nitrogens with one attached hydrogen (secondary N) is 1. The lowest BCUT2D eigenvalue weighted by atomic mass is 9.70. The summed E-state index contributed by atoms with van der Waals surface area (Å²) in [7, 11) is 0. The zero-order chi connectivity index (χ0) is 10.7. The van der Waals surface area contributed by atoms with E-state index in [1.807, 2.05) is 12.1 Å². The number of hydrogen-bond donors (Lipinski definition) is 2. The normalized spacial score (nSPS) is 17.6. The topological polar surface area (TPSA) is 45.4 Å². The zero-order valence-corrected chi connectivity index (χ0v) is 10.5. The van der Waals surface area contributed by atoms with Gasteiger partial charge in [0.1, 0.15) is 18.1 Å². The minimum absolute atomic E-state index is 0. The Hall–Kier alpha value is -0.510. The minimum atomic E-state index is -0.0162. The van der Waals surface area contributed by atoms with Crippen molar-refractivity contribution in [2.75, 3.05) is 6.54 Å². The second-order valence-corrected chi connectivity index (χ2v) is 4.79. The third-order valence-electron chi connectivity index (χ3n) is 3.28. The fourth-order valence-corrected chi connectivity index (χ4v) is 2.05. The highest BCUT2D eigenvalue weighted by atomic mass is 35.5. The van der Waals surface area contributed by atoms with E-state index in [2.05, 4.69) is 12.2 Å². The molecule has 4 heteroatoms. The highest BCUT2D eigenvalue weighted by Gasteiger charge is 2.30. The molecule has 2 N–H and O–H groups in total. The first kappa shape index (κ1) is 13.6. The first-order valence-corrected chi connectivity index (χ1v) is 5.61. The Morgan fingerprint density at radius 1 is 1.38 bits per heavy atom.